The standard InChI is InChI=1S/C18H16N2O5/c1-19-17(21)16(12-7-13-5-3-2-4-6-13)25-18(22)14-8-10-15(11-9-14)20(23)24/h2-12,16H,1H3,(H,19,21)/b12-7+. The molecule has 0 spiro atoms. The van der Waals surface area contributed by atoms with Crippen LogP contribution < -0.4 is 5.32 Å². The number of non-ortho nitro benzene ring substituents is 1. The molecule has 7 nitrogen and oxygen atoms in total. The van der Waals surface area contributed by atoms with Gasteiger partial charge in [-0.1, -0.05) is 36.4 Å². The molecule has 2 rings (SSSR count). The predicted molar refractivity (Wildman–Crippen MR) is 91.8 cm³/mol. The fraction of sp³-hybridized carbons (Fsp3) is 0.111. The average molecular weight is 340 g/mol. The van der Waals surface area contributed by atoms with Crippen LogP contribution >= 0.6 is 0 Å². The first kappa shape index (κ1) is 17.9. The fourth-order valence-electron chi connectivity index (χ4n) is 1.99. The third kappa shape index (κ3) is 5.00. The number of benzene rings is 2. The molecule has 2 aromatic carbocycles. The SMILES string of the molecule is CNC(=O)C(/C=C/c1ccccc1)OC(=O)c1ccc([N+](=O)[O-])cc1. The summed E-state index contributed by atoms with van der Waals surface area (Å²) >= 11 is 0. The largest absolute Gasteiger partial charge is 0.444 e. The minimum atomic E-state index is -1.12. The second kappa shape index (κ2) is 8.39. The van der Waals surface area contributed by atoms with E-state index < -0.39 is 22.9 Å². The van der Waals surface area contributed by atoms with Gasteiger partial charge in [0.15, 0.2) is 6.10 Å². The molecule has 1 N–H and O–H groups in total. The Kier molecular flexibility index (Phi) is 6.00. The van der Waals surface area contributed by atoms with E-state index in [9.17, 15) is 19.7 Å². The molecule has 2 aromatic rings. The number of likely N-dealkylation sites (N-methyl/N-ethyl adjacent to an activating group) is 1. The molecule has 0 aliphatic carbocycles. The van der Waals surface area contributed by atoms with Gasteiger partial charge in [-0.3, -0.25) is 14.9 Å². The molecule has 0 heterocycles. The minimum absolute atomic E-state index is 0.118. The summed E-state index contributed by atoms with van der Waals surface area (Å²) in [5.74, 6) is -1.23. The Morgan fingerprint density at radius 3 is 2.32 bits per heavy atom. The van der Waals surface area contributed by atoms with Crippen molar-refractivity contribution in [2.24, 2.45) is 0 Å². The number of nitrogens with one attached hydrogen (secondary N) is 1. The number of esters is 1. The van der Waals surface area contributed by atoms with E-state index in [1.54, 1.807) is 6.08 Å². The number of carbonyl (C=O) groups excluding carboxylic acids is 2. The summed E-state index contributed by atoms with van der Waals surface area (Å²) in [6, 6.07) is 14.2. The van der Waals surface area contributed by atoms with Gasteiger partial charge < -0.3 is 10.1 Å². The van der Waals surface area contributed by atoms with E-state index in [0.717, 1.165) is 5.56 Å². The smallest absolute Gasteiger partial charge is 0.339 e. The molecule has 1 amide bonds. The van der Waals surface area contributed by atoms with Crippen LogP contribution in [0.5, 0.6) is 0 Å². The van der Waals surface area contributed by atoms with Gasteiger partial charge in [0, 0.05) is 19.2 Å². The maximum atomic E-state index is 12.2. The lowest BCUT2D eigenvalue weighted by molar-refractivity contribution is -0.384. The van der Waals surface area contributed by atoms with Gasteiger partial charge in [-0.25, -0.2) is 4.79 Å². The maximum absolute atomic E-state index is 12.2. The Balaban J connectivity index is 2.13. The Morgan fingerprint density at radius 1 is 1.12 bits per heavy atom. The summed E-state index contributed by atoms with van der Waals surface area (Å²) in [6.45, 7) is 0. The Morgan fingerprint density at radius 2 is 1.76 bits per heavy atom. The van der Waals surface area contributed by atoms with Crippen molar-refractivity contribution in [3.05, 3.63) is 81.9 Å². The zero-order valence-corrected chi connectivity index (χ0v) is 13.4. The molecule has 25 heavy (non-hydrogen) atoms. The van der Waals surface area contributed by atoms with Gasteiger partial charge in [0.2, 0.25) is 0 Å². The predicted octanol–water partition coefficient (Wildman–Crippen LogP) is 2.58. The van der Waals surface area contributed by atoms with Crippen LogP contribution in [0.2, 0.25) is 0 Å². The minimum Gasteiger partial charge on any atom is -0.444 e. The lowest BCUT2D eigenvalue weighted by Crippen LogP contribution is -2.34. The molecule has 0 aliphatic heterocycles. The number of nitro benzene ring substituents is 1. The molecule has 0 aliphatic rings. The first-order chi connectivity index (χ1) is 12.0. The van der Waals surface area contributed by atoms with Crippen molar-refractivity contribution >= 4 is 23.6 Å². The van der Waals surface area contributed by atoms with Crippen LogP contribution in [0.15, 0.2) is 60.7 Å². The van der Waals surface area contributed by atoms with Crippen LogP contribution in [-0.4, -0.2) is 30.0 Å². The van der Waals surface area contributed by atoms with E-state index in [1.165, 1.54) is 37.4 Å². The molecule has 0 fully saturated rings. The molecular weight excluding hydrogens is 324 g/mol. The number of amides is 1. The Labute approximate surface area is 144 Å². The topological polar surface area (TPSA) is 98.5 Å². The number of nitrogens with zero attached hydrogens (tertiary/aromatic N) is 1. The van der Waals surface area contributed by atoms with Crippen LogP contribution in [-0.2, 0) is 9.53 Å². The zero-order chi connectivity index (χ0) is 18.2. The van der Waals surface area contributed by atoms with Crippen molar-refractivity contribution in [2.75, 3.05) is 7.05 Å². The highest BCUT2D eigenvalue weighted by molar-refractivity contribution is 5.93. The van der Waals surface area contributed by atoms with Crippen LogP contribution in [0.3, 0.4) is 0 Å². The van der Waals surface area contributed by atoms with Gasteiger partial charge in [0.25, 0.3) is 11.6 Å². The lowest BCUT2D eigenvalue weighted by Gasteiger charge is -2.13. The van der Waals surface area contributed by atoms with E-state index in [2.05, 4.69) is 5.32 Å². The molecule has 1 atom stereocenters. The van der Waals surface area contributed by atoms with Crippen molar-refractivity contribution in [1.82, 2.24) is 5.32 Å². The van der Waals surface area contributed by atoms with Crippen LogP contribution in [0, 0.1) is 10.1 Å². The van der Waals surface area contributed by atoms with Gasteiger partial charge >= 0.3 is 5.97 Å². The van der Waals surface area contributed by atoms with E-state index in [1.807, 2.05) is 30.3 Å². The van der Waals surface area contributed by atoms with E-state index in [0.29, 0.717) is 0 Å². The third-order valence-electron chi connectivity index (χ3n) is 3.32. The number of nitro groups is 1. The monoisotopic (exact) mass is 340 g/mol. The van der Waals surface area contributed by atoms with Crippen molar-refractivity contribution in [3.63, 3.8) is 0 Å². The molecule has 0 saturated carbocycles. The summed E-state index contributed by atoms with van der Waals surface area (Å²) in [5, 5.41) is 13.1. The number of rotatable bonds is 6. The Hall–Kier alpha value is -3.48. The highest BCUT2D eigenvalue weighted by atomic mass is 16.6. The molecule has 7 heteroatoms. The fourth-order valence-corrected chi connectivity index (χ4v) is 1.99. The van der Waals surface area contributed by atoms with Gasteiger partial charge in [-0.2, -0.15) is 0 Å². The second-order valence-electron chi connectivity index (χ2n) is 5.01. The van der Waals surface area contributed by atoms with Crippen LogP contribution in [0.1, 0.15) is 15.9 Å². The molecule has 0 aromatic heterocycles. The van der Waals surface area contributed by atoms with E-state index in [4.69, 9.17) is 4.74 Å². The summed E-state index contributed by atoms with van der Waals surface area (Å²) in [4.78, 5) is 34.1. The van der Waals surface area contributed by atoms with Crippen molar-refractivity contribution < 1.29 is 19.2 Å². The number of ether oxygens (including phenoxy) is 1. The van der Waals surface area contributed by atoms with E-state index in [-0.39, 0.29) is 11.3 Å². The summed E-state index contributed by atoms with van der Waals surface area (Å²) in [7, 11) is 1.44. The number of carbonyl (C=O) groups is 2. The molecule has 0 radical (unpaired) electrons. The van der Waals surface area contributed by atoms with Crippen molar-refractivity contribution in [3.8, 4) is 0 Å². The van der Waals surface area contributed by atoms with E-state index >= 15 is 0 Å². The Bertz CT molecular complexity index is 785. The molecule has 1 unspecified atom stereocenters. The quantitative estimate of drug-likeness (QED) is 0.495. The van der Waals surface area contributed by atoms with Gasteiger partial charge in [0.1, 0.15) is 0 Å². The molecule has 0 saturated heterocycles. The van der Waals surface area contributed by atoms with Gasteiger partial charge in [-0.15, -0.1) is 0 Å². The highest BCUT2D eigenvalue weighted by Crippen LogP contribution is 2.14. The summed E-state index contributed by atoms with van der Waals surface area (Å²) in [5.41, 5.74) is 0.832. The first-order valence-electron chi connectivity index (χ1n) is 7.41. The number of hydrogen-bond donors (Lipinski definition) is 1. The lowest BCUT2D eigenvalue weighted by atomic mass is 10.1. The average Bonchev–Trinajstić information content (AvgIpc) is 2.65. The highest BCUT2D eigenvalue weighted by Gasteiger charge is 2.20. The maximum Gasteiger partial charge on any atom is 0.339 e. The first-order valence-corrected chi connectivity index (χ1v) is 7.41. The third-order valence-corrected chi connectivity index (χ3v) is 3.32. The second-order valence-corrected chi connectivity index (χ2v) is 5.01. The normalized spacial score (nSPS) is 11.7. The zero-order valence-electron chi connectivity index (χ0n) is 13.4. The summed E-state index contributed by atoms with van der Waals surface area (Å²) in [6.07, 6.45) is 2.02. The number of hydrogen-bond acceptors (Lipinski definition) is 5. The summed E-state index contributed by atoms with van der Waals surface area (Å²) < 4.78 is 5.20. The van der Waals surface area contributed by atoms with Crippen LogP contribution in [0.25, 0.3) is 6.08 Å². The van der Waals surface area contributed by atoms with Crippen LogP contribution in [0.4, 0.5) is 5.69 Å². The van der Waals surface area contributed by atoms with Gasteiger partial charge in [0.05, 0.1) is 10.5 Å². The molecule has 0 bridgehead atoms. The van der Waals surface area contributed by atoms with Crippen molar-refractivity contribution in [2.45, 2.75) is 6.10 Å². The van der Waals surface area contributed by atoms with Crippen molar-refractivity contribution in [1.29, 1.82) is 0 Å². The molecule has 128 valence electrons. The molecular formula is C18H16N2O5. The van der Waals surface area contributed by atoms with Gasteiger partial charge in [-0.05, 0) is 23.8 Å².